The Labute approximate surface area is 133 Å². The van der Waals surface area contributed by atoms with Gasteiger partial charge in [-0.05, 0) is 35.6 Å². The minimum atomic E-state index is 0.454. The van der Waals surface area contributed by atoms with E-state index in [1.54, 1.807) is 0 Å². The lowest BCUT2D eigenvalue weighted by molar-refractivity contribution is 0.745. The fraction of sp³-hybridized carbons (Fsp3) is 0.235. The van der Waals surface area contributed by atoms with Crippen LogP contribution >= 0.6 is 22.9 Å². The second-order valence-electron chi connectivity index (χ2n) is 5.32. The third-order valence-electron chi connectivity index (χ3n) is 4.03. The summed E-state index contributed by atoms with van der Waals surface area (Å²) in [6, 6.07) is 12.7. The first-order valence-corrected chi connectivity index (χ1v) is 8.51. The van der Waals surface area contributed by atoms with Crippen LogP contribution in [0.1, 0.15) is 16.1 Å². The maximum atomic E-state index is 6.02. The predicted octanol–water partition coefficient (Wildman–Crippen LogP) is 4.60. The van der Waals surface area contributed by atoms with Crippen molar-refractivity contribution in [2.75, 3.05) is 11.4 Å². The molecular formula is C17H15ClN2S. The molecule has 0 atom stereocenters. The standard InChI is InChI=1S/C17H15ClN2S/c18-10-13-9-16(14-3-1-2-4-15(14)19-13)20-7-5-17-12(11-20)6-8-21-17/h1-4,6,8-9H,5,7,10-11H2. The van der Waals surface area contributed by atoms with Gasteiger partial charge in [0, 0.05) is 29.0 Å². The van der Waals surface area contributed by atoms with Crippen molar-refractivity contribution in [2.45, 2.75) is 18.8 Å². The molecule has 1 aliphatic rings. The van der Waals surface area contributed by atoms with Gasteiger partial charge in [0.05, 0.1) is 17.1 Å². The van der Waals surface area contributed by atoms with Gasteiger partial charge in [-0.2, -0.15) is 0 Å². The van der Waals surface area contributed by atoms with Crippen molar-refractivity contribution in [3.63, 3.8) is 0 Å². The molecule has 1 aliphatic heterocycles. The molecule has 4 heteroatoms. The average Bonchev–Trinajstić information content (AvgIpc) is 3.01. The summed E-state index contributed by atoms with van der Waals surface area (Å²) in [5.74, 6) is 0.454. The van der Waals surface area contributed by atoms with E-state index in [0.717, 1.165) is 30.7 Å². The number of alkyl halides is 1. The third kappa shape index (κ3) is 2.30. The minimum absolute atomic E-state index is 0.454. The Morgan fingerprint density at radius 1 is 1.24 bits per heavy atom. The molecule has 0 aliphatic carbocycles. The number of benzene rings is 1. The summed E-state index contributed by atoms with van der Waals surface area (Å²) in [6.07, 6.45) is 1.12. The number of aromatic nitrogens is 1. The molecule has 21 heavy (non-hydrogen) atoms. The summed E-state index contributed by atoms with van der Waals surface area (Å²) < 4.78 is 0. The van der Waals surface area contributed by atoms with Gasteiger partial charge in [-0.15, -0.1) is 22.9 Å². The van der Waals surface area contributed by atoms with Crippen LogP contribution in [-0.4, -0.2) is 11.5 Å². The summed E-state index contributed by atoms with van der Waals surface area (Å²) in [6.45, 7) is 2.04. The molecule has 3 heterocycles. The molecule has 0 saturated heterocycles. The van der Waals surface area contributed by atoms with Crippen LogP contribution in [0, 0.1) is 0 Å². The van der Waals surface area contributed by atoms with E-state index in [1.165, 1.54) is 21.5 Å². The molecule has 0 fully saturated rings. The Kier molecular flexibility index (Phi) is 3.32. The zero-order valence-corrected chi connectivity index (χ0v) is 13.1. The summed E-state index contributed by atoms with van der Waals surface area (Å²) in [5, 5.41) is 3.41. The second-order valence-corrected chi connectivity index (χ2v) is 6.59. The molecular weight excluding hydrogens is 300 g/mol. The number of nitrogens with zero attached hydrogens (tertiary/aromatic N) is 2. The molecule has 0 N–H and O–H groups in total. The highest BCUT2D eigenvalue weighted by Gasteiger charge is 2.19. The van der Waals surface area contributed by atoms with E-state index in [9.17, 15) is 0 Å². The number of hydrogen-bond donors (Lipinski definition) is 0. The summed E-state index contributed by atoms with van der Waals surface area (Å²) >= 11 is 7.90. The van der Waals surface area contributed by atoms with Gasteiger partial charge in [-0.1, -0.05) is 18.2 Å². The number of para-hydroxylation sites is 1. The van der Waals surface area contributed by atoms with Crippen molar-refractivity contribution in [2.24, 2.45) is 0 Å². The highest BCUT2D eigenvalue weighted by atomic mass is 35.5. The summed E-state index contributed by atoms with van der Waals surface area (Å²) in [4.78, 5) is 8.61. The van der Waals surface area contributed by atoms with Crippen LogP contribution in [0.5, 0.6) is 0 Å². The van der Waals surface area contributed by atoms with E-state index in [4.69, 9.17) is 11.6 Å². The van der Waals surface area contributed by atoms with Crippen molar-refractivity contribution < 1.29 is 0 Å². The van der Waals surface area contributed by atoms with Crippen molar-refractivity contribution in [3.8, 4) is 0 Å². The van der Waals surface area contributed by atoms with Gasteiger partial charge in [0.25, 0.3) is 0 Å². The van der Waals surface area contributed by atoms with Crippen LogP contribution < -0.4 is 4.90 Å². The second kappa shape index (κ2) is 5.32. The predicted molar refractivity (Wildman–Crippen MR) is 90.4 cm³/mol. The Hall–Kier alpha value is -1.58. The van der Waals surface area contributed by atoms with Crippen LogP contribution in [0.15, 0.2) is 41.8 Å². The van der Waals surface area contributed by atoms with E-state index in [2.05, 4.69) is 45.6 Å². The molecule has 2 aromatic heterocycles. The molecule has 0 bridgehead atoms. The van der Waals surface area contributed by atoms with E-state index < -0.39 is 0 Å². The minimum Gasteiger partial charge on any atom is -0.366 e. The molecule has 106 valence electrons. The number of pyridine rings is 1. The lowest BCUT2D eigenvalue weighted by Crippen LogP contribution is -2.29. The molecule has 0 radical (unpaired) electrons. The van der Waals surface area contributed by atoms with Gasteiger partial charge >= 0.3 is 0 Å². The van der Waals surface area contributed by atoms with Gasteiger partial charge < -0.3 is 4.90 Å². The lowest BCUT2D eigenvalue weighted by Gasteiger charge is -2.30. The number of hydrogen-bond acceptors (Lipinski definition) is 3. The van der Waals surface area contributed by atoms with Crippen LogP contribution in [0.4, 0.5) is 5.69 Å². The number of fused-ring (bicyclic) bond motifs is 2. The SMILES string of the molecule is ClCc1cc(N2CCc3sccc3C2)c2ccccc2n1. The number of anilines is 1. The Bertz CT molecular complexity index is 796. The van der Waals surface area contributed by atoms with E-state index in [0.29, 0.717) is 5.88 Å². The van der Waals surface area contributed by atoms with Crippen molar-refractivity contribution in [1.82, 2.24) is 4.98 Å². The largest absolute Gasteiger partial charge is 0.366 e. The van der Waals surface area contributed by atoms with Gasteiger partial charge in [-0.25, -0.2) is 0 Å². The zero-order valence-electron chi connectivity index (χ0n) is 11.6. The van der Waals surface area contributed by atoms with Crippen LogP contribution in [-0.2, 0) is 18.8 Å². The maximum Gasteiger partial charge on any atom is 0.0726 e. The number of rotatable bonds is 2. The Morgan fingerprint density at radius 3 is 3.05 bits per heavy atom. The first kappa shape index (κ1) is 13.1. The highest BCUT2D eigenvalue weighted by Crippen LogP contribution is 2.32. The molecule has 0 saturated carbocycles. The molecule has 1 aromatic carbocycles. The third-order valence-corrected chi connectivity index (χ3v) is 5.33. The normalized spacial score (nSPS) is 14.4. The van der Waals surface area contributed by atoms with Crippen molar-refractivity contribution >= 4 is 39.5 Å². The fourth-order valence-electron chi connectivity index (χ4n) is 2.99. The lowest BCUT2D eigenvalue weighted by atomic mass is 10.1. The number of halogens is 1. The average molecular weight is 315 g/mol. The topological polar surface area (TPSA) is 16.1 Å². The molecule has 0 unspecified atom stereocenters. The molecule has 0 spiro atoms. The highest BCUT2D eigenvalue weighted by molar-refractivity contribution is 7.10. The van der Waals surface area contributed by atoms with Crippen molar-refractivity contribution in [3.05, 3.63) is 57.9 Å². The smallest absolute Gasteiger partial charge is 0.0726 e. The fourth-order valence-corrected chi connectivity index (χ4v) is 4.02. The molecule has 2 nitrogen and oxygen atoms in total. The number of thiophene rings is 1. The Balaban J connectivity index is 1.83. The van der Waals surface area contributed by atoms with Gasteiger partial charge in [0.15, 0.2) is 0 Å². The van der Waals surface area contributed by atoms with Gasteiger partial charge in [0.1, 0.15) is 0 Å². The summed E-state index contributed by atoms with van der Waals surface area (Å²) in [5.41, 5.74) is 4.69. The van der Waals surface area contributed by atoms with Gasteiger partial charge in [-0.3, -0.25) is 4.98 Å². The molecule has 3 aromatic rings. The van der Waals surface area contributed by atoms with Crippen molar-refractivity contribution in [1.29, 1.82) is 0 Å². The van der Waals surface area contributed by atoms with Crippen LogP contribution in [0.25, 0.3) is 10.9 Å². The maximum absolute atomic E-state index is 6.02. The molecule has 4 rings (SSSR count). The monoisotopic (exact) mass is 314 g/mol. The first-order chi connectivity index (χ1) is 10.3. The van der Waals surface area contributed by atoms with Crippen LogP contribution in [0.3, 0.4) is 0 Å². The zero-order chi connectivity index (χ0) is 14.2. The summed E-state index contributed by atoms with van der Waals surface area (Å²) in [7, 11) is 0. The van der Waals surface area contributed by atoms with E-state index in [-0.39, 0.29) is 0 Å². The first-order valence-electron chi connectivity index (χ1n) is 7.10. The van der Waals surface area contributed by atoms with Crippen LogP contribution in [0.2, 0.25) is 0 Å². The quantitative estimate of drug-likeness (QED) is 0.643. The van der Waals surface area contributed by atoms with E-state index in [1.807, 2.05) is 17.4 Å². The van der Waals surface area contributed by atoms with E-state index >= 15 is 0 Å². The molecule has 0 amide bonds. The Morgan fingerprint density at radius 2 is 2.14 bits per heavy atom. The van der Waals surface area contributed by atoms with Gasteiger partial charge in [0.2, 0.25) is 0 Å².